The average molecular weight is 319 g/mol. The summed E-state index contributed by atoms with van der Waals surface area (Å²) in [6.45, 7) is 2.09. The Morgan fingerprint density at radius 2 is 2.17 bits per heavy atom. The van der Waals surface area contributed by atoms with E-state index in [-0.39, 0.29) is 0 Å². The molecular weight excluding hydrogens is 302 g/mol. The predicted molar refractivity (Wildman–Crippen MR) is 96.0 cm³/mol. The van der Waals surface area contributed by atoms with E-state index in [0.29, 0.717) is 0 Å². The SMILES string of the molecule is Cc1ccc2[nH]cc(/C=N/c3sc4c(c3C#N)CCCC4)c2c1. The maximum absolute atomic E-state index is 9.51. The van der Waals surface area contributed by atoms with Gasteiger partial charge < -0.3 is 4.98 Å². The van der Waals surface area contributed by atoms with Crippen LogP contribution in [0.5, 0.6) is 0 Å². The highest BCUT2D eigenvalue weighted by atomic mass is 32.1. The lowest BCUT2D eigenvalue weighted by molar-refractivity contribution is 0.696. The van der Waals surface area contributed by atoms with Crippen LogP contribution >= 0.6 is 11.3 Å². The Bertz CT molecular complexity index is 953. The summed E-state index contributed by atoms with van der Waals surface area (Å²) in [4.78, 5) is 9.29. The maximum Gasteiger partial charge on any atom is 0.134 e. The molecule has 0 saturated carbocycles. The monoisotopic (exact) mass is 319 g/mol. The van der Waals surface area contributed by atoms with Crippen LogP contribution in [0.4, 0.5) is 5.00 Å². The molecule has 0 atom stereocenters. The second kappa shape index (κ2) is 5.68. The highest BCUT2D eigenvalue weighted by Gasteiger charge is 2.20. The fraction of sp³-hybridized carbons (Fsp3) is 0.263. The summed E-state index contributed by atoms with van der Waals surface area (Å²) >= 11 is 1.69. The minimum Gasteiger partial charge on any atom is -0.361 e. The Morgan fingerprint density at radius 1 is 1.30 bits per heavy atom. The van der Waals surface area contributed by atoms with Crippen LogP contribution in [0.2, 0.25) is 0 Å². The first-order valence-electron chi connectivity index (χ1n) is 7.92. The number of fused-ring (bicyclic) bond motifs is 2. The number of nitrogens with zero attached hydrogens (tertiary/aromatic N) is 2. The van der Waals surface area contributed by atoms with Crippen molar-refractivity contribution in [2.45, 2.75) is 32.6 Å². The molecule has 3 nitrogen and oxygen atoms in total. The van der Waals surface area contributed by atoms with Gasteiger partial charge in [0, 0.05) is 33.8 Å². The van der Waals surface area contributed by atoms with Gasteiger partial charge in [-0.3, -0.25) is 0 Å². The van der Waals surface area contributed by atoms with Crippen molar-refractivity contribution in [2.24, 2.45) is 4.99 Å². The van der Waals surface area contributed by atoms with E-state index in [1.807, 2.05) is 12.4 Å². The Hall–Kier alpha value is -2.38. The van der Waals surface area contributed by atoms with E-state index >= 15 is 0 Å². The molecule has 0 bridgehead atoms. The summed E-state index contributed by atoms with van der Waals surface area (Å²) in [5.74, 6) is 0. The molecule has 4 rings (SSSR count). The highest BCUT2D eigenvalue weighted by molar-refractivity contribution is 7.16. The van der Waals surface area contributed by atoms with E-state index in [2.05, 4.69) is 41.2 Å². The van der Waals surface area contributed by atoms with E-state index in [1.165, 1.54) is 34.2 Å². The molecule has 0 amide bonds. The molecule has 1 aliphatic carbocycles. The van der Waals surface area contributed by atoms with Crippen LogP contribution in [-0.4, -0.2) is 11.2 Å². The average Bonchev–Trinajstić information content (AvgIpc) is 3.12. The standard InChI is InChI=1S/C19H17N3S/c1-12-6-7-17-15(8-12)13(10-21-17)11-22-19-16(9-20)14-4-2-3-5-18(14)23-19/h6-8,10-11,21H,2-5H2,1H3/b22-11+. The zero-order valence-electron chi connectivity index (χ0n) is 13.0. The number of H-pyrrole nitrogens is 1. The van der Waals surface area contributed by atoms with Crippen molar-refractivity contribution in [3.05, 3.63) is 51.5 Å². The number of aromatic nitrogens is 1. The molecule has 1 N–H and O–H groups in total. The molecule has 1 aliphatic rings. The number of nitriles is 1. The first kappa shape index (κ1) is 14.2. The second-order valence-corrected chi connectivity index (χ2v) is 7.14. The summed E-state index contributed by atoms with van der Waals surface area (Å²) in [5.41, 5.74) is 5.45. The topological polar surface area (TPSA) is 51.9 Å². The molecule has 2 heterocycles. The highest BCUT2D eigenvalue weighted by Crippen LogP contribution is 2.39. The van der Waals surface area contributed by atoms with Crippen molar-refractivity contribution in [1.82, 2.24) is 4.98 Å². The number of aromatic amines is 1. The minimum absolute atomic E-state index is 0.789. The minimum atomic E-state index is 0.789. The molecule has 1 aromatic carbocycles. The Kier molecular flexibility index (Phi) is 3.51. The zero-order chi connectivity index (χ0) is 15.8. The molecule has 3 aromatic rings. The van der Waals surface area contributed by atoms with Crippen LogP contribution in [0.25, 0.3) is 10.9 Å². The number of aryl methyl sites for hydroxylation is 2. The van der Waals surface area contributed by atoms with Crippen molar-refractivity contribution in [3.8, 4) is 6.07 Å². The molecule has 23 heavy (non-hydrogen) atoms. The largest absolute Gasteiger partial charge is 0.361 e. The quantitative estimate of drug-likeness (QED) is 0.661. The Balaban J connectivity index is 1.75. The lowest BCUT2D eigenvalue weighted by Gasteiger charge is -2.09. The van der Waals surface area contributed by atoms with E-state index in [4.69, 9.17) is 0 Å². The second-order valence-electron chi connectivity index (χ2n) is 6.05. The van der Waals surface area contributed by atoms with Crippen LogP contribution in [0, 0.1) is 18.3 Å². The predicted octanol–water partition coefficient (Wildman–Crippen LogP) is 5.04. The van der Waals surface area contributed by atoms with Gasteiger partial charge in [0.05, 0.1) is 5.56 Å². The third kappa shape index (κ3) is 2.47. The molecule has 0 unspecified atom stereocenters. The third-order valence-electron chi connectivity index (χ3n) is 4.45. The molecular formula is C19H17N3S. The summed E-state index contributed by atoms with van der Waals surface area (Å²) in [7, 11) is 0. The fourth-order valence-electron chi connectivity index (χ4n) is 3.25. The summed E-state index contributed by atoms with van der Waals surface area (Å²) in [6, 6.07) is 8.72. The fourth-order valence-corrected chi connectivity index (χ4v) is 4.43. The molecule has 0 saturated heterocycles. The number of hydrogen-bond acceptors (Lipinski definition) is 3. The van der Waals surface area contributed by atoms with Gasteiger partial charge in [-0.25, -0.2) is 4.99 Å². The van der Waals surface area contributed by atoms with Crippen molar-refractivity contribution in [3.63, 3.8) is 0 Å². The number of rotatable bonds is 2. The number of benzene rings is 1. The molecule has 0 radical (unpaired) electrons. The van der Waals surface area contributed by atoms with Gasteiger partial charge in [0.2, 0.25) is 0 Å². The number of hydrogen-bond donors (Lipinski definition) is 1. The molecule has 4 heteroatoms. The van der Waals surface area contributed by atoms with E-state index in [9.17, 15) is 5.26 Å². The molecule has 0 fully saturated rings. The van der Waals surface area contributed by atoms with E-state index in [0.717, 1.165) is 34.5 Å². The first-order valence-corrected chi connectivity index (χ1v) is 8.74. The van der Waals surface area contributed by atoms with Crippen molar-refractivity contribution in [2.75, 3.05) is 0 Å². The summed E-state index contributed by atoms with van der Waals surface area (Å²) < 4.78 is 0. The lowest BCUT2D eigenvalue weighted by atomic mass is 9.96. The number of nitrogens with one attached hydrogen (secondary N) is 1. The maximum atomic E-state index is 9.51. The van der Waals surface area contributed by atoms with Gasteiger partial charge in [-0.2, -0.15) is 5.26 Å². The number of aliphatic imine (C=N–C) groups is 1. The van der Waals surface area contributed by atoms with Gasteiger partial charge in [-0.05, 0) is 50.3 Å². The zero-order valence-corrected chi connectivity index (χ0v) is 13.8. The smallest absolute Gasteiger partial charge is 0.134 e. The van der Waals surface area contributed by atoms with E-state index < -0.39 is 0 Å². The normalized spacial score (nSPS) is 14.3. The lowest BCUT2D eigenvalue weighted by Crippen LogP contribution is -1.99. The van der Waals surface area contributed by atoms with Gasteiger partial charge in [-0.1, -0.05) is 11.6 Å². The van der Waals surface area contributed by atoms with Crippen LogP contribution in [0.3, 0.4) is 0 Å². The Labute approximate surface area is 139 Å². The first-order chi connectivity index (χ1) is 11.3. The molecule has 0 spiro atoms. The molecule has 0 aliphatic heterocycles. The van der Waals surface area contributed by atoms with Gasteiger partial charge in [0.25, 0.3) is 0 Å². The van der Waals surface area contributed by atoms with Crippen LogP contribution in [0.1, 0.15) is 40.0 Å². The summed E-state index contributed by atoms with van der Waals surface area (Å²) in [5, 5.41) is 11.5. The third-order valence-corrected chi connectivity index (χ3v) is 5.65. The molecule has 2 aromatic heterocycles. The van der Waals surface area contributed by atoms with Crippen molar-refractivity contribution < 1.29 is 0 Å². The van der Waals surface area contributed by atoms with Crippen molar-refractivity contribution >= 4 is 33.5 Å². The van der Waals surface area contributed by atoms with E-state index in [1.54, 1.807) is 11.3 Å². The number of thiophene rings is 1. The van der Waals surface area contributed by atoms with Gasteiger partial charge in [-0.15, -0.1) is 11.3 Å². The van der Waals surface area contributed by atoms with Crippen LogP contribution < -0.4 is 0 Å². The molecule has 114 valence electrons. The van der Waals surface area contributed by atoms with Crippen molar-refractivity contribution in [1.29, 1.82) is 5.26 Å². The Morgan fingerprint density at radius 3 is 3.04 bits per heavy atom. The van der Waals surface area contributed by atoms with Gasteiger partial charge in [0.15, 0.2) is 0 Å². The van der Waals surface area contributed by atoms with Crippen LogP contribution in [-0.2, 0) is 12.8 Å². The summed E-state index contributed by atoms with van der Waals surface area (Å²) in [6.07, 6.45) is 8.39. The van der Waals surface area contributed by atoms with Crippen LogP contribution in [0.15, 0.2) is 29.4 Å². The van der Waals surface area contributed by atoms with Gasteiger partial charge >= 0.3 is 0 Å². The van der Waals surface area contributed by atoms with Gasteiger partial charge in [0.1, 0.15) is 11.1 Å².